The average molecular weight is 386 g/mol. The van der Waals surface area contributed by atoms with Crippen LogP contribution >= 0.6 is 0 Å². The van der Waals surface area contributed by atoms with Crippen molar-refractivity contribution in [3.05, 3.63) is 59.4 Å². The Bertz CT molecular complexity index is 846. The van der Waals surface area contributed by atoms with Gasteiger partial charge in [0.2, 0.25) is 0 Å². The summed E-state index contributed by atoms with van der Waals surface area (Å²) in [5, 5.41) is 0. The summed E-state index contributed by atoms with van der Waals surface area (Å²) in [6.07, 6.45) is 0. The molecule has 0 atom stereocenters. The minimum absolute atomic E-state index is 0.237. The van der Waals surface area contributed by atoms with Gasteiger partial charge in [-0.2, -0.15) is 0 Å². The fourth-order valence-electron chi connectivity index (χ4n) is 3.14. The molecule has 0 bridgehead atoms. The van der Waals surface area contributed by atoms with Crippen LogP contribution in [-0.2, 0) is 9.53 Å². The van der Waals surface area contributed by atoms with Crippen molar-refractivity contribution in [1.29, 1.82) is 0 Å². The van der Waals surface area contributed by atoms with Crippen molar-refractivity contribution in [2.24, 2.45) is 0 Å². The molecule has 28 heavy (non-hydrogen) atoms. The molecule has 0 spiro atoms. The summed E-state index contributed by atoms with van der Waals surface area (Å²) in [4.78, 5) is 28.5. The van der Waals surface area contributed by atoms with Crippen molar-refractivity contribution in [2.75, 3.05) is 44.8 Å². The summed E-state index contributed by atoms with van der Waals surface area (Å²) in [5.41, 5.74) is 2.12. The van der Waals surface area contributed by atoms with Crippen LogP contribution in [0.3, 0.4) is 0 Å². The molecule has 0 radical (unpaired) electrons. The summed E-state index contributed by atoms with van der Waals surface area (Å²) in [7, 11) is 1.48. The van der Waals surface area contributed by atoms with E-state index in [0.717, 1.165) is 11.3 Å². The zero-order valence-corrected chi connectivity index (χ0v) is 16.0. The second kappa shape index (κ2) is 8.73. The third-order valence-electron chi connectivity index (χ3n) is 4.73. The van der Waals surface area contributed by atoms with Crippen LogP contribution in [0.25, 0.3) is 0 Å². The Hall–Kier alpha value is -3.09. The van der Waals surface area contributed by atoms with Gasteiger partial charge in [0, 0.05) is 31.9 Å². The van der Waals surface area contributed by atoms with E-state index in [1.54, 1.807) is 29.2 Å². The number of rotatable bonds is 5. The lowest BCUT2D eigenvalue weighted by Crippen LogP contribution is -2.49. The Balaban J connectivity index is 1.51. The maximum absolute atomic E-state index is 13.0. The first-order chi connectivity index (χ1) is 13.5. The van der Waals surface area contributed by atoms with Gasteiger partial charge < -0.3 is 19.3 Å². The summed E-state index contributed by atoms with van der Waals surface area (Å²) < 4.78 is 23.4. The van der Waals surface area contributed by atoms with Gasteiger partial charge in [-0.15, -0.1) is 0 Å². The molecule has 1 fully saturated rings. The van der Waals surface area contributed by atoms with E-state index in [1.165, 1.54) is 19.2 Å². The van der Waals surface area contributed by atoms with Crippen molar-refractivity contribution < 1.29 is 23.5 Å². The molecule has 3 rings (SSSR count). The summed E-state index contributed by atoms with van der Waals surface area (Å²) >= 11 is 0. The summed E-state index contributed by atoms with van der Waals surface area (Å²) in [6.45, 7) is 3.85. The summed E-state index contributed by atoms with van der Waals surface area (Å²) in [5.74, 6) is -0.682. The molecule has 1 saturated heterocycles. The fraction of sp³-hybridized carbons (Fsp3) is 0.333. The molecule has 0 aromatic heterocycles. The first-order valence-electron chi connectivity index (χ1n) is 9.08. The van der Waals surface area contributed by atoms with E-state index in [4.69, 9.17) is 9.47 Å². The maximum Gasteiger partial charge on any atom is 0.342 e. The largest absolute Gasteiger partial charge is 0.496 e. The van der Waals surface area contributed by atoms with E-state index in [-0.39, 0.29) is 18.3 Å². The minimum atomic E-state index is -0.584. The molecule has 1 aliphatic heterocycles. The Kier molecular flexibility index (Phi) is 6.13. The smallest absolute Gasteiger partial charge is 0.342 e. The molecule has 1 aliphatic rings. The Morgan fingerprint density at radius 2 is 1.71 bits per heavy atom. The van der Waals surface area contributed by atoms with E-state index < -0.39 is 5.97 Å². The van der Waals surface area contributed by atoms with E-state index in [1.807, 2.05) is 13.0 Å². The predicted octanol–water partition coefficient (Wildman–Crippen LogP) is 2.65. The molecule has 148 valence electrons. The van der Waals surface area contributed by atoms with Gasteiger partial charge in [-0.05, 0) is 43.3 Å². The molecule has 0 saturated carbocycles. The number of piperazine rings is 1. The van der Waals surface area contributed by atoms with E-state index in [0.29, 0.717) is 37.5 Å². The molecule has 2 aromatic carbocycles. The number of nitrogens with zero attached hydrogens (tertiary/aromatic N) is 2. The number of ether oxygens (including phenoxy) is 2. The van der Waals surface area contributed by atoms with Gasteiger partial charge in [0.05, 0.1) is 7.11 Å². The lowest BCUT2D eigenvalue weighted by Gasteiger charge is -2.36. The average Bonchev–Trinajstić information content (AvgIpc) is 2.72. The second-order valence-electron chi connectivity index (χ2n) is 6.62. The number of methoxy groups -OCH3 is 1. The normalized spacial score (nSPS) is 14.0. The Morgan fingerprint density at radius 3 is 2.36 bits per heavy atom. The van der Waals surface area contributed by atoms with Gasteiger partial charge in [0.1, 0.15) is 17.1 Å². The lowest BCUT2D eigenvalue weighted by molar-refractivity contribution is -0.134. The van der Waals surface area contributed by atoms with Crippen molar-refractivity contribution in [1.82, 2.24) is 4.90 Å². The number of anilines is 1. The molecule has 2 aromatic rings. The Morgan fingerprint density at radius 1 is 1.04 bits per heavy atom. The SMILES string of the molecule is COc1ccc(C)cc1C(=O)OCC(=O)N1CCN(c2ccc(F)cc2)CC1. The number of hydrogen-bond donors (Lipinski definition) is 0. The van der Waals surface area contributed by atoms with Crippen molar-refractivity contribution in [3.63, 3.8) is 0 Å². The van der Waals surface area contributed by atoms with Crippen molar-refractivity contribution in [3.8, 4) is 5.75 Å². The predicted molar refractivity (Wildman–Crippen MR) is 103 cm³/mol. The minimum Gasteiger partial charge on any atom is -0.496 e. The lowest BCUT2D eigenvalue weighted by atomic mass is 10.1. The number of hydrogen-bond acceptors (Lipinski definition) is 5. The number of aryl methyl sites for hydroxylation is 1. The zero-order chi connectivity index (χ0) is 20.1. The standard InChI is InChI=1S/C21H23FN2O4/c1-15-3-8-19(27-2)18(13-15)21(26)28-14-20(25)24-11-9-23(10-12-24)17-6-4-16(22)5-7-17/h3-8,13H,9-12,14H2,1-2H3. The second-order valence-corrected chi connectivity index (χ2v) is 6.62. The first-order valence-corrected chi connectivity index (χ1v) is 9.08. The Labute approximate surface area is 163 Å². The highest BCUT2D eigenvalue weighted by molar-refractivity contribution is 5.94. The van der Waals surface area contributed by atoms with Gasteiger partial charge in [0.15, 0.2) is 6.61 Å². The molecule has 0 N–H and O–H groups in total. The zero-order valence-electron chi connectivity index (χ0n) is 16.0. The molecular weight excluding hydrogens is 363 g/mol. The third-order valence-corrected chi connectivity index (χ3v) is 4.73. The molecule has 1 amide bonds. The molecular formula is C21H23FN2O4. The highest BCUT2D eigenvalue weighted by Crippen LogP contribution is 2.21. The molecule has 0 aliphatic carbocycles. The first kappa shape index (κ1) is 19.7. The van der Waals surface area contributed by atoms with Crippen molar-refractivity contribution >= 4 is 17.6 Å². The number of halogens is 1. The number of amides is 1. The van der Waals surface area contributed by atoms with Crippen LogP contribution in [-0.4, -0.2) is 56.7 Å². The highest BCUT2D eigenvalue weighted by Gasteiger charge is 2.23. The number of esters is 1. The van der Waals surface area contributed by atoms with Gasteiger partial charge in [-0.25, -0.2) is 9.18 Å². The molecule has 6 nitrogen and oxygen atoms in total. The fourth-order valence-corrected chi connectivity index (χ4v) is 3.14. The quantitative estimate of drug-likeness (QED) is 0.740. The highest BCUT2D eigenvalue weighted by atomic mass is 19.1. The van der Waals surface area contributed by atoms with Crippen LogP contribution in [0, 0.1) is 12.7 Å². The van der Waals surface area contributed by atoms with Crippen LogP contribution in [0.1, 0.15) is 15.9 Å². The number of carbonyl (C=O) groups is 2. The maximum atomic E-state index is 13.0. The van der Waals surface area contributed by atoms with Gasteiger partial charge in [-0.1, -0.05) is 11.6 Å². The van der Waals surface area contributed by atoms with Gasteiger partial charge in [0.25, 0.3) is 5.91 Å². The van der Waals surface area contributed by atoms with Crippen molar-refractivity contribution in [2.45, 2.75) is 6.92 Å². The van der Waals surface area contributed by atoms with Crippen LogP contribution in [0.5, 0.6) is 5.75 Å². The van der Waals surface area contributed by atoms with Gasteiger partial charge in [-0.3, -0.25) is 4.79 Å². The molecule has 0 unspecified atom stereocenters. The van der Waals surface area contributed by atoms with Crippen LogP contribution < -0.4 is 9.64 Å². The topological polar surface area (TPSA) is 59.1 Å². The third kappa shape index (κ3) is 4.60. The van der Waals surface area contributed by atoms with Gasteiger partial charge >= 0.3 is 5.97 Å². The van der Waals surface area contributed by atoms with E-state index in [2.05, 4.69) is 4.90 Å². The molecule has 1 heterocycles. The molecule has 7 heteroatoms. The summed E-state index contributed by atoms with van der Waals surface area (Å²) in [6, 6.07) is 11.5. The van der Waals surface area contributed by atoms with Crippen LogP contribution in [0.2, 0.25) is 0 Å². The van der Waals surface area contributed by atoms with Crippen LogP contribution in [0.15, 0.2) is 42.5 Å². The van der Waals surface area contributed by atoms with E-state index in [9.17, 15) is 14.0 Å². The number of carbonyl (C=O) groups excluding carboxylic acids is 2. The van der Waals surface area contributed by atoms with E-state index >= 15 is 0 Å². The van der Waals surface area contributed by atoms with Crippen LogP contribution in [0.4, 0.5) is 10.1 Å². The number of benzene rings is 2. The monoisotopic (exact) mass is 386 g/mol.